The van der Waals surface area contributed by atoms with Gasteiger partial charge in [-0.25, -0.2) is 0 Å². The monoisotopic (exact) mass is 610 g/mol. The first kappa shape index (κ1) is 26.8. The zero-order valence-corrected chi connectivity index (χ0v) is 26.2. The lowest BCUT2D eigenvalue weighted by molar-refractivity contribution is 1.18. The Morgan fingerprint density at radius 2 is 0.771 bits per heavy atom. The van der Waals surface area contributed by atoms with Crippen molar-refractivity contribution >= 4 is 54.4 Å². The molecule has 48 heavy (non-hydrogen) atoms. The van der Waals surface area contributed by atoms with Gasteiger partial charge in [0.15, 0.2) is 0 Å². The van der Waals surface area contributed by atoms with Crippen LogP contribution in [0.3, 0.4) is 0 Å². The molecule has 2 nitrogen and oxygen atoms in total. The van der Waals surface area contributed by atoms with Crippen LogP contribution in [-0.2, 0) is 0 Å². The summed E-state index contributed by atoms with van der Waals surface area (Å²) in [5.41, 5.74) is 12.0. The highest BCUT2D eigenvalue weighted by molar-refractivity contribution is 6.11. The first-order chi connectivity index (χ1) is 23.8. The van der Waals surface area contributed by atoms with Gasteiger partial charge < -0.3 is 9.13 Å². The van der Waals surface area contributed by atoms with E-state index in [-0.39, 0.29) is 0 Å². The highest BCUT2D eigenvalue weighted by atomic mass is 15.0. The van der Waals surface area contributed by atoms with Gasteiger partial charge in [0.1, 0.15) is 0 Å². The van der Waals surface area contributed by atoms with E-state index >= 15 is 0 Å². The average Bonchev–Trinajstić information content (AvgIpc) is 3.67. The van der Waals surface area contributed by atoms with E-state index in [1.54, 1.807) is 0 Å². The summed E-state index contributed by atoms with van der Waals surface area (Å²) in [5, 5.41) is 7.60. The van der Waals surface area contributed by atoms with Crippen LogP contribution in [0.5, 0.6) is 0 Å². The molecule has 2 heteroatoms. The predicted molar refractivity (Wildman–Crippen MR) is 203 cm³/mol. The van der Waals surface area contributed by atoms with E-state index in [0.29, 0.717) is 0 Å². The number of fused-ring (bicyclic) bond motifs is 7. The van der Waals surface area contributed by atoms with Crippen LogP contribution in [0.25, 0.3) is 88.0 Å². The van der Waals surface area contributed by atoms with E-state index in [0.717, 1.165) is 11.4 Å². The maximum atomic E-state index is 2.41. The molecule has 224 valence electrons. The molecule has 0 saturated carbocycles. The fraction of sp³-hybridized carbons (Fsp3) is 0. The van der Waals surface area contributed by atoms with Crippen LogP contribution < -0.4 is 0 Å². The summed E-state index contributed by atoms with van der Waals surface area (Å²) in [6.45, 7) is 0. The van der Waals surface area contributed by atoms with Gasteiger partial charge in [0.05, 0.1) is 22.1 Å². The van der Waals surface area contributed by atoms with Gasteiger partial charge in [-0.15, -0.1) is 0 Å². The molecule has 0 bridgehead atoms. The van der Waals surface area contributed by atoms with Crippen LogP contribution in [0.2, 0.25) is 0 Å². The van der Waals surface area contributed by atoms with Crippen molar-refractivity contribution in [1.29, 1.82) is 0 Å². The van der Waals surface area contributed by atoms with Gasteiger partial charge in [0.2, 0.25) is 0 Å². The second-order valence-electron chi connectivity index (χ2n) is 12.6. The number of hydrogen-bond donors (Lipinski definition) is 0. The van der Waals surface area contributed by atoms with Crippen molar-refractivity contribution in [1.82, 2.24) is 9.13 Å². The minimum absolute atomic E-state index is 1.15. The molecule has 0 aliphatic heterocycles. The summed E-state index contributed by atoms with van der Waals surface area (Å²) < 4.78 is 4.80. The zero-order valence-electron chi connectivity index (χ0n) is 26.2. The number of nitrogens with zero attached hydrogens (tertiary/aromatic N) is 2. The maximum Gasteiger partial charge on any atom is 0.0547 e. The third kappa shape index (κ3) is 4.06. The van der Waals surface area contributed by atoms with Gasteiger partial charge in [-0.2, -0.15) is 0 Å². The quantitative estimate of drug-likeness (QED) is 0.188. The molecule has 0 atom stereocenters. The van der Waals surface area contributed by atoms with Crippen LogP contribution in [0.1, 0.15) is 0 Å². The molecule has 0 radical (unpaired) electrons. The molecule has 0 saturated heterocycles. The molecule has 0 aliphatic rings. The summed E-state index contributed by atoms with van der Waals surface area (Å²) in [4.78, 5) is 0. The van der Waals surface area contributed by atoms with Gasteiger partial charge in [-0.3, -0.25) is 0 Å². The van der Waals surface area contributed by atoms with E-state index in [4.69, 9.17) is 0 Å². The topological polar surface area (TPSA) is 9.86 Å². The molecular weight excluding hydrogens is 581 g/mol. The second kappa shape index (κ2) is 10.6. The lowest BCUT2D eigenvalue weighted by Crippen LogP contribution is -1.95. The normalized spacial score (nSPS) is 11.8. The molecule has 2 aromatic heterocycles. The van der Waals surface area contributed by atoms with Gasteiger partial charge in [0.25, 0.3) is 0 Å². The van der Waals surface area contributed by atoms with Crippen molar-refractivity contribution in [3.8, 4) is 33.6 Å². The number of para-hydroxylation sites is 3. The van der Waals surface area contributed by atoms with Crippen molar-refractivity contribution in [3.05, 3.63) is 182 Å². The predicted octanol–water partition coefficient (Wildman–Crippen LogP) is 12.4. The van der Waals surface area contributed by atoms with Gasteiger partial charge in [0, 0.05) is 32.9 Å². The minimum Gasteiger partial charge on any atom is -0.309 e. The van der Waals surface area contributed by atoms with E-state index in [1.807, 2.05) is 0 Å². The zero-order chi connectivity index (χ0) is 31.6. The second-order valence-corrected chi connectivity index (χ2v) is 12.6. The summed E-state index contributed by atoms with van der Waals surface area (Å²) >= 11 is 0. The third-order valence-electron chi connectivity index (χ3n) is 9.92. The Kier molecular flexibility index (Phi) is 5.91. The van der Waals surface area contributed by atoms with Gasteiger partial charge in [-0.1, -0.05) is 133 Å². The van der Waals surface area contributed by atoms with Gasteiger partial charge in [-0.05, 0) is 81.6 Å². The molecule has 0 amide bonds. The van der Waals surface area contributed by atoms with E-state index in [1.165, 1.54) is 76.6 Å². The summed E-state index contributed by atoms with van der Waals surface area (Å²) in [5.74, 6) is 0. The molecular formula is C46H30N2. The van der Waals surface area contributed by atoms with Crippen molar-refractivity contribution in [3.63, 3.8) is 0 Å². The van der Waals surface area contributed by atoms with Crippen molar-refractivity contribution in [2.75, 3.05) is 0 Å². The van der Waals surface area contributed by atoms with Crippen LogP contribution in [0.4, 0.5) is 0 Å². The molecule has 0 aliphatic carbocycles. The summed E-state index contributed by atoms with van der Waals surface area (Å²) in [6, 6.07) is 66.2. The van der Waals surface area contributed by atoms with E-state index in [9.17, 15) is 0 Å². The molecule has 0 spiro atoms. The standard InChI is InChI=1S/C46H30N2/c1-2-15-37-31(11-1)12-10-19-38(37)32-23-26-35(27-24-32)47-43-20-6-5-18-41(43)42-28-25-34(30-46(42)47)33-13-9-14-36(29-33)48-44-21-7-3-16-39(44)40-17-4-8-22-45(40)48/h1-30H. The smallest absolute Gasteiger partial charge is 0.0547 e. The first-order valence-electron chi connectivity index (χ1n) is 16.5. The lowest BCUT2D eigenvalue weighted by atomic mass is 9.98. The van der Waals surface area contributed by atoms with Crippen molar-refractivity contribution in [2.45, 2.75) is 0 Å². The van der Waals surface area contributed by atoms with E-state index in [2.05, 4.69) is 191 Å². The molecule has 10 aromatic rings. The first-order valence-corrected chi connectivity index (χ1v) is 16.5. The Bertz CT molecular complexity index is 2770. The summed E-state index contributed by atoms with van der Waals surface area (Å²) in [6.07, 6.45) is 0. The molecule has 0 unspecified atom stereocenters. The van der Waals surface area contributed by atoms with E-state index < -0.39 is 0 Å². The Morgan fingerprint density at radius 1 is 0.271 bits per heavy atom. The molecule has 2 heterocycles. The highest BCUT2D eigenvalue weighted by Gasteiger charge is 2.15. The molecule has 10 rings (SSSR count). The fourth-order valence-electron chi connectivity index (χ4n) is 7.72. The Hall–Kier alpha value is -6.38. The molecule has 0 N–H and O–H groups in total. The minimum atomic E-state index is 1.15. The maximum absolute atomic E-state index is 2.41. The largest absolute Gasteiger partial charge is 0.309 e. The number of benzene rings is 8. The summed E-state index contributed by atoms with van der Waals surface area (Å²) in [7, 11) is 0. The Labute approximate surface area is 278 Å². The van der Waals surface area contributed by atoms with Gasteiger partial charge >= 0.3 is 0 Å². The number of rotatable bonds is 4. The van der Waals surface area contributed by atoms with Crippen LogP contribution >= 0.6 is 0 Å². The van der Waals surface area contributed by atoms with Crippen LogP contribution in [-0.4, -0.2) is 9.13 Å². The fourth-order valence-corrected chi connectivity index (χ4v) is 7.72. The third-order valence-corrected chi connectivity index (χ3v) is 9.92. The van der Waals surface area contributed by atoms with Crippen molar-refractivity contribution < 1.29 is 0 Å². The van der Waals surface area contributed by atoms with Crippen LogP contribution in [0, 0.1) is 0 Å². The number of aromatic nitrogens is 2. The molecule has 0 fully saturated rings. The SMILES string of the molecule is c1cc(-c2ccc3c4ccccc4n(-c4ccc(-c5cccc6ccccc56)cc4)c3c2)cc(-n2c3ccccc3c3ccccc32)c1. The van der Waals surface area contributed by atoms with Crippen LogP contribution in [0.15, 0.2) is 182 Å². The highest BCUT2D eigenvalue weighted by Crippen LogP contribution is 2.37. The lowest BCUT2D eigenvalue weighted by Gasteiger charge is -2.12. The average molecular weight is 611 g/mol. The van der Waals surface area contributed by atoms with Crippen molar-refractivity contribution in [2.24, 2.45) is 0 Å². The Morgan fingerprint density at radius 3 is 1.46 bits per heavy atom. The molecule has 8 aromatic carbocycles. The Balaban J connectivity index is 1.12. The number of hydrogen-bond acceptors (Lipinski definition) is 0.